The number of nitrogens with one attached hydrogen (secondary N) is 2. The van der Waals surface area contributed by atoms with Crippen molar-refractivity contribution in [1.82, 2.24) is 4.98 Å². The summed E-state index contributed by atoms with van der Waals surface area (Å²) in [4.78, 5) is 16.6. The fraction of sp³-hybridized carbons (Fsp3) is 0.0667. The van der Waals surface area contributed by atoms with Gasteiger partial charge in [-0.05, 0) is 52.3 Å². The van der Waals surface area contributed by atoms with E-state index in [4.69, 9.17) is 10.6 Å². The number of amides is 1. The number of nitrogens with zero attached hydrogens (tertiary/aromatic N) is 1. The maximum Gasteiger partial charge on any atom is 0.255 e. The summed E-state index contributed by atoms with van der Waals surface area (Å²) < 4.78 is 6.79. The van der Waals surface area contributed by atoms with Crippen LogP contribution in [0.15, 0.2) is 40.9 Å². The lowest BCUT2D eigenvalue weighted by Gasteiger charge is -2.07. The van der Waals surface area contributed by atoms with Gasteiger partial charge in [0.1, 0.15) is 5.75 Å². The highest BCUT2D eigenvalue weighted by Gasteiger charge is 2.11. The molecule has 23 heavy (non-hydrogen) atoms. The Bertz CT molecular complexity index is 864. The van der Waals surface area contributed by atoms with Crippen molar-refractivity contribution in [2.75, 3.05) is 17.9 Å². The molecule has 0 bridgehead atoms. The van der Waals surface area contributed by atoms with Crippen LogP contribution in [0, 0.1) is 0 Å². The van der Waals surface area contributed by atoms with Crippen LogP contribution in [0.5, 0.6) is 5.75 Å². The number of anilines is 2. The molecule has 0 unspecified atom stereocenters. The van der Waals surface area contributed by atoms with E-state index >= 15 is 0 Å². The van der Waals surface area contributed by atoms with Crippen LogP contribution in [-0.2, 0) is 0 Å². The Hall–Kier alpha value is -2.16. The molecule has 118 valence electrons. The number of halogens is 1. The Labute approximate surface area is 144 Å². The van der Waals surface area contributed by atoms with Crippen molar-refractivity contribution < 1.29 is 9.53 Å². The van der Waals surface area contributed by atoms with E-state index < -0.39 is 0 Å². The Morgan fingerprint density at radius 1 is 1.30 bits per heavy atom. The molecule has 0 radical (unpaired) electrons. The summed E-state index contributed by atoms with van der Waals surface area (Å²) in [6.07, 6.45) is 0. The first-order valence-corrected chi connectivity index (χ1v) is 8.24. The van der Waals surface area contributed by atoms with Crippen LogP contribution in [0.3, 0.4) is 0 Å². The summed E-state index contributed by atoms with van der Waals surface area (Å²) in [6.45, 7) is 0. The fourth-order valence-electron chi connectivity index (χ4n) is 2.07. The van der Waals surface area contributed by atoms with Gasteiger partial charge in [0.2, 0.25) is 0 Å². The predicted octanol–water partition coefficient (Wildman–Crippen LogP) is 3.61. The first kappa shape index (κ1) is 15.7. The summed E-state index contributed by atoms with van der Waals surface area (Å²) >= 11 is 4.87. The second-order valence-corrected chi connectivity index (χ2v) is 6.54. The highest BCUT2D eigenvalue weighted by atomic mass is 79.9. The van der Waals surface area contributed by atoms with E-state index in [0.717, 1.165) is 14.7 Å². The number of hydrogen-bond donors (Lipinski definition) is 3. The molecule has 4 N–H and O–H groups in total. The second kappa shape index (κ2) is 6.53. The van der Waals surface area contributed by atoms with Crippen LogP contribution in [0.1, 0.15) is 10.4 Å². The van der Waals surface area contributed by atoms with E-state index in [1.54, 1.807) is 31.4 Å². The highest BCUT2D eigenvalue weighted by molar-refractivity contribution is 9.10. The molecule has 0 saturated carbocycles. The molecule has 3 aromatic rings. The van der Waals surface area contributed by atoms with Gasteiger partial charge in [-0.15, -0.1) is 0 Å². The van der Waals surface area contributed by atoms with Gasteiger partial charge >= 0.3 is 0 Å². The van der Waals surface area contributed by atoms with Gasteiger partial charge in [0.25, 0.3) is 5.91 Å². The van der Waals surface area contributed by atoms with Crippen LogP contribution in [0.25, 0.3) is 10.2 Å². The number of hydrogen-bond acceptors (Lipinski definition) is 6. The smallest absolute Gasteiger partial charge is 0.255 e. The van der Waals surface area contributed by atoms with Gasteiger partial charge < -0.3 is 10.1 Å². The van der Waals surface area contributed by atoms with Crippen molar-refractivity contribution >= 4 is 54.2 Å². The number of carbonyl (C=O) groups excluding carboxylic acids is 1. The number of nitrogen functional groups attached to an aromatic ring is 1. The van der Waals surface area contributed by atoms with Crippen molar-refractivity contribution in [2.24, 2.45) is 5.84 Å². The summed E-state index contributed by atoms with van der Waals surface area (Å²) in [5, 5.41) is 3.48. The first-order valence-electron chi connectivity index (χ1n) is 6.63. The molecule has 0 atom stereocenters. The Morgan fingerprint density at radius 3 is 2.70 bits per heavy atom. The van der Waals surface area contributed by atoms with Gasteiger partial charge in [-0.2, -0.15) is 0 Å². The highest BCUT2D eigenvalue weighted by Crippen LogP contribution is 2.33. The molecule has 1 amide bonds. The molecule has 0 aliphatic rings. The van der Waals surface area contributed by atoms with Crippen LogP contribution in [0.2, 0.25) is 0 Å². The van der Waals surface area contributed by atoms with E-state index in [0.29, 0.717) is 22.1 Å². The summed E-state index contributed by atoms with van der Waals surface area (Å²) in [6, 6.07) is 10.6. The minimum atomic E-state index is -0.194. The molecule has 0 spiro atoms. The number of methoxy groups -OCH3 is 1. The van der Waals surface area contributed by atoms with Crippen molar-refractivity contribution in [1.29, 1.82) is 0 Å². The summed E-state index contributed by atoms with van der Waals surface area (Å²) in [5.41, 5.74) is 4.55. The number of nitrogens with two attached hydrogens (primary N) is 1. The van der Waals surface area contributed by atoms with E-state index in [1.807, 2.05) is 12.1 Å². The van der Waals surface area contributed by atoms with Gasteiger partial charge in [-0.3, -0.25) is 10.2 Å². The Balaban J connectivity index is 1.86. The standard InChI is InChI=1S/C15H13BrN4O2S/c1-22-10-4-2-8(3-5-10)14(21)18-9-6-11(16)13-12(7-9)23-15(19-13)20-17/h2-7H,17H2,1H3,(H,18,21)(H,19,20). The number of aromatic nitrogens is 1. The predicted molar refractivity (Wildman–Crippen MR) is 96.1 cm³/mol. The largest absolute Gasteiger partial charge is 0.497 e. The number of rotatable bonds is 4. The average Bonchev–Trinajstić information content (AvgIpc) is 2.98. The molecular formula is C15H13BrN4O2S. The van der Waals surface area contributed by atoms with Crippen molar-refractivity contribution in [2.45, 2.75) is 0 Å². The van der Waals surface area contributed by atoms with Crippen LogP contribution < -0.4 is 21.3 Å². The number of carbonyl (C=O) groups is 1. The number of hydrazine groups is 1. The molecule has 3 rings (SSSR count). The summed E-state index contributed by atoms with van der Waals surface area (Å²) in [7, 11) is 1.58. The molecule has 8 heteroatoms. The van der Waals surface area contributed by atoms with Crippen LogP contribution in [0.4, 0.5) is 10.8 Å². The topological polar surface area (TPSA) is 89.3 Å². The van der Waals surface area contributed by atoms with Crippen molar-refractivity contribution in [3.63, 3.8) is 0 Å². The number of ether oxygens (including phenoxy) is 1. The van der Waals surface area contributed by atoms with E-state index in [-0.39, 0.29) is 5.91 Å². The molecule has 0 aliphatic heterocycles. The monoisotopic (exact) mass is 392 g/mol. The van der Waals surface area contributed by atoms with E-state index in [1.165, 1.54) is 11.3 Å². The minimum absolute atomic E-state index is 0.194. The SMILES string of the molecule is COc1ccc(C(=O)Nc2cc(Br)c3nc(NN)sc3c2)cc1. The zero-order valence-electron chi connectivity index (χ0n) is 12.1. The van der Waals surface area contributed by atoms with Gasteiger partial charge in [0.05, 0.1) is 17.3 Å². The quantitative estimate of drug-likeness (QED) is 0.466. The molecule has 0 fully saturated rings. The molecule has 1 aromatic heterocycles. The second-order valence-electron chi connectivity index (χ2n) is 4.65. The number of benzene rings is 2. The van der Waals surface area contributed by atoms with Gasteiger partial charge in [0.15, 0.2) is 5.13 Å². The third-order valence-electron chi connectivity index (χ3n) is 3.18. The lowest BCUT2D eigenvalue weighted by molar-refractivity contribution is 0.102. The normalized spacial score (nSPS) is 10.6. The maximum atomic E-state index is 12.3. The third kappa shape index (κ3) is 3.29. The lowest BCUT2D eigenvalue weighted by Crippen LogP contribution is -2.11. The molecule has 2 aromatic carbocycles. The molecule has 6 nitrogen and oxygen atoms in total. The van der Waals surface area contributed by atoms with Gasteiger partial charge in [-0.1, -0.05) is 11.3 Å². The van der Waals surface area contributed by atoms with Crippen LogP contribution in [-0.4, -0.2) is 18.0 Å². The molecule has 0 saturated heterocycles. The maximum absolute atomic E-state index is 12.3. The fourth-order valence-corrected chi connectivity index (χ4v) is 3.59. The number of fused-ring (bicyclic) bond motifs is 1. The molecule has 0 aliphatic carbocycles. The van der Waals surface area contributed by atoms with E-state index in [2.05, 4.69) is 31.7 Å². The Kier molecular flexibility index (Phi) is 4.46. The van der Waals surface area contributed by atoms with Gasteiger partial charge in [-0.25, -0.2) is 10.8 Å². The van der Waals surface area contributed by atoms with Gasteiger partial charge in [0, 0.05) is 15.7 Å². The number of thiazole rings is 1. The molecule has 1 heterocycles. The van der Waals surface area contributed by atoms with E-state index in [9.17, 15) is 4.79 Å². The van der Waals surface area contributed by atoms with Crippen molar-refractivity contribution in [3.05, 3.63) is 46.4 Å². The molecular weight excluding hydrogens is 380 g/mol. The average molecular weight is 393 g/mol. The summed E-state index contributed by atoms with van der Waals surface area (Å²) in [5.74, 6) is 5.90. The minimum Gasteiger partial charge on any atom is -0.497 e. The Morgan fingerprint density at radius 2 is 2.04 bits per heavy atom. The zero-order chi connectivity index (χ0) is 16.4. The first-order chi connectivity index (χ1) is 11.1. The third-order valence-corrected chi connectivity index (χ3v) is 4.72. The van der Waals surface area contributed by atoms with Crippen molar-refractivity contribution in [3.8, 4) is 5.75 Å². The zero-order valence-corrected chi connectivity index (χ0v) is 14.5. The lowest BCUT2D eigenvalue weighted by atomic mass is 10.2. The van der Waals surface area contributed by atoms with Crippen LogP contribution >= 0.6 is 27.3 Å².